The average molecular weight is 354 g/mol. The van der Waals surface area contributed by atoms with Gasteiger partial charge in [0.05, 0.1) is 5.71 Å². The minimum absolute atomic E-state index is 0.221. The predicted octanol–water partition coefficient (Wildman–Crippen LogP) is 3.37. The first kappa shape index (κ1) is 16.8. The number of nitrogens with one attached hydrogen (secondary N) is 2. The van der Waals surface area contributed by atoms with Crippen LogP contribution in [0.2, 0.25) is 5.02 Å². The van der Waals surface area contributed by atoms with Gasteiger partial charge in [-0.2, -0.15) is 5.10 Å². The zero-order valence-corrected chi connectivity index (χ0v) is 14.3. The highest BCUT2D eigenvalue weighted by molar-refractivity contribution is 6.30. The number of aromatic nitrogens is 4. The van der Waals surface area contributed by atoms with Gasteiger partial charge in [-0.15, -0.1) is 20.4 Å². The lowest BCUT2D eigenvalue weighted by Crippen LogP contribution is -2.09. The number of anilines is 2. The molecule has 7 nitrogen and oxygen atoms in total. The molecule has 0 unspecified atom stereocenters. The first-order valence-corrected chi connectivity index (χ1v) is 8.00. The van der Waals surface area contributed by atoms with E-state index in [1.54, 1.807) is 0 Å². The lowest BCUT2D eigenvalue weighted by atomic mass is 10.1. The van der Waals surface area contributed by atoms with Crippen LogP contribution in [0.15, 0.2) is 59.7 Å². The first-order chi connectivity index (χ1) is 12.2. The SMILES string of the molecule is CC(=NNc1nnc(NCc2ccccc2)nn1)c1ccc(Cl)cc1. The third kappa shape index (κ3) is 4.95. The summed E-state index contributed by atoms with van der Waals surface area (Å²) in [6, 6.07) is 17.3. The quantitative estimate of drug-likeness (QED) is 0.522. The van der Waals surface area contributed by atoms with Gasteiger partial charge >= 0.3 is 0 Å². The van der Waals surface area contributed by atoms with Crippen molar-refractivity contribution in [3.8, 4) is 0 Å². The molecule has 3 aromatic rings. The van der Waals surface area contributed by atoms with Gasteiger partial charge in [-0.3, -0.25) is 0 Å². The van der Waals surface area contributed by atoms with Crippen LogP contribution in [0.4, 0.5) is 11.9 Å². The van der Waals surface area contributed by atoms with Gasteiger partial charge in [0, 0.05) is 11.6 Å². The number of hydrogen-bond acceptors (Lipinski definition) is 7. The second kappa shape index (κ2) is 8.16. The number of rotatable bonds is 6. The van der Waals surface area contributed by atoms with Crippen molar-refractivity contribution in [3.05, 3.63) is 70.7 Å². The molecule has 2 N–H and O–H groups in total. The Balaban J connectivity index is 1.57. The van der Waals surface area contributed by atoms with Crippen LogP contribution >= 0.6 is 11.6 Å². The number of nitrogens with zero attached hydrogens (tertiary/aromatic N) is 5. The van der Waals surface area contributed by atoms with E-state index >= 15 is 0 Å². The summed E-state index contributed by atoms with van der Waals surface area (Å²) in [5.74, 6) is 0.575. The van der Waals surface area contributed by atoms with Crippen LogP contribution < -0.4 is 10.7 Å². The zero-order valence-electron chi connectivity index (χ0n) is 13.5. The van der Waals surface area contributed by atoms with E-state index < -0.39 is 0 Å². The Kier molecular flexibility index (Phi) is 5.48. The summed E-state index contributed by atoms with van der Waals surface area (Å²) in [6.07, 6.45) is 0. The molecule has 2 aromatic carbocycles. The Morgan fingerprint density at radius 1 is 0.920 bits per heavy atom. The van der Waals surface area contributed by atoms with E-state index in [2.05, 4.69) is 36.2 Å². The van der Waals surface area contributed by atoms with Crippen LogP contribution in [0.25, 0.3) is 0 Å². The predicted molar refractivity (Wildman–Crippen MR) is 98.7 cm³/mol. The van der Waals surface area contributed by atoms with Crippen molar-refractivity contribution in [1.82, 2.24) is 20.4 Å². The Morgan fingerprint density at radius 3 is 2.24 bits per heavy atom. The van der Waals surface area contributed by atoms with Gasteiger partial charge in [-0.05, 0) is 30.2 Å². The molecule has 0 saturated heterocycles. The third-order valence-corrected chi connectivity index (χ3v) is 3.61. The maximum atomic E-state index is 5.87. The lowest BCUT2D eigenvalue weighted by Gasteiger charge is -2.04. The Bertz CT molecular complexity index is 833. The van der Waals surface area contributed by atoms with E-state index in [-0.39, 0.29) is 5.95 Å². The normalized spacial score (nSPS) is 11.2. The van der Waals surface area contributed by atoms with Crippen LogP contribution in [0.3, 0.4) is 0 Å². The summed E-state index contributed by atoms with van der Waals surface area (Å²) < 4.78 is 0. The van der Waals surface area contributed by atoms with Gasteiger partial charge in [-0.1, -0.05) is 54.1 Å². The van der Waals surface area contributed by atoms with Gasteiger partial charge in [0.15, 0.2) is 0 Å². The Hall–Kier alpha value is -3.06. The number of hydrazone groups is 1. The van der Waals surface area contributed by atoms with Crippen LogP contribution in [-0.4, -0.2) is 26.1 Å². The molecule has 3 rings (SSSR count). The standard InChI is InChI=1S/C17H16ClN7/c1-12(14-7-9-15(18)10-8-14)20-23-17-24-21-16(22-25-17)19-11-13-5-3-2-4-6-13/h2-10H,11H2,1H3,(H,19,21,22)(H,23,24,25). The number of benzene rings is 2. The van der Waals surface area contributed by atoms with E-state index in [0.29, 0.717) is 17.5 Å². The summed E-state index contributed by atoms with van der Waals surface area (Å²) >= 11 is 5.87. The van der Waals surface area contributed by atoms with Gasteiger partial charge in [0.1, 0.15) is 0 Å². The number of hydrogen-bond donors (Lipinski definition) is 2. The van der Waals surface area contributed by atoms with E-state index in [0.717, 1.165) is 16.8 Å². The fourth-order valence-corrected chi connectivity index (χ4v) is 2.14. The minimum Gasteiger partial charge on any atom is -0.348 e. The second-order valence-corrected chi connectivity index (χ2v) is 5.64. The van der Waals surface area contributed by atoms with Crippen LogP contribution in [0.5, 0.6) is 0 Å². The maximum absolute atomic E-state index is 5.87. The zero-order chi connectivity index (χ0) is 17.5. The van der Waals surface area contributed by atoms with Crippen molar-refractivity contribution in [2.75, 3.05) is 10.7 Å². The molecule has 25 heavy (non-hydrogen) atoms. The van der Waals surface area contributed by atoms with E-state index in [4.69, 9.17) is 11.6 Å². The fraction of sp³-hybridized carbons (Fsp3) is 0.118. The molecule has 0 spiro atoms. The molecule has 0 aliphatic carbocycles. The molecule has 0 aliphatic heterocycles. The lowest BCUT2D eigenvalue weighted by molar-refractivity contribution is 0.849. The summed E-state index contributed by atoms with van der Waals surface area (Å²) in [4.78, 5) is 0. The van der Waals surface area contributed by atoms with Crippen molar-refractivity contribution in [2.24, 2.45) is 5.10 Å². The van der Waals surface area contributed by atoms with Crippen LogP contribution in [0.1, 0.15) is 18.1 Å². The molecule has 8 heteroatoms. The highest BCUT2D eigenvalue weighted by Crippen LogP contribution is 2.10. The smallest absolute Gasteiger partial charge is 0.282 e. The Morgan fingerprint density at radius 2 is 1.56 bits per heavy atom. The maximum Gasteiger partial charge on any atom is 0.282 e. The van der Waals surface area contributed by atoms with E-state index in [1.807, 2.05) is 61.5 Å². The highest BCUT2D eigenvalue weighted by Gasteiger charge is 2.02. The van der Waals surface area contributed by atoms with Gasteiger partial charge in [0.2, 0.25) is 0 Å². The summed E-state index contributed by atoms with van der Waals surface area (Å²) in [7, 11) is 0. The van der Waals surface area contributed by atoms with Crippen molar-refractivity contribution < 1.29 is 0 Å². The average Bonchev–Trinajstić information content (AvgIpc) is 2.67. The third-order valence-electron chi connectivity index (χ3n) is 3.36. The molecule has 126 valence electrons. The monoisotopic (exact) mass is 353 g/mol. The van der Waals surface area contributed by atoms with E-state index in [1.165, 1.54) is 0 Å². The molecule has 0 saturated carbocycles. The fourth-order valence-electron chi connectivity index (χ4n) is 2.01. The molecule has 1 aromatic heterocycles. The highest BCUT2D eigenvalue weighted by atomic mass is 35.5. The Labute approximate surface area is 150 Å². The van der Waals surface area contributed by atoms with Crippen molar-refractivity contribution >= 4 is 29.2 Å². The van der Waals surface area contributed by atoms with Crippen LogP contribution in [0, 0.1) is 0 Å². The molecular weight excluding hydrogens is 338 g/mol. The van der Waals surface area contributed by atoms with Crippen molar-refractivity contribution in [2.45, 2.75) is 13.5 Å². The van der Waals surface area contributed by atoms with Gasteiger partial charge in [-0.25, -0.2) is 5.43 Å². The van der Waals surface area contributed by atoms with Crippen molar-refractivity contribution in [1.29, 1.82) is 0 Å². The first-order valence-electron chi connectivity index (χ1n) is 7.62. The molecule has 0 atom stereocenters. The number of halogens is 1. The van der Waals surface area contributed by atoms with Crippen molar-refractivity contribution in [3.63, 3.8) is 0 Å². The van der Waals surface area contributed by atoms with Gasteiger partial charge < -0.3 is 5.32 Å². The summed E-state index contributed by atoms with van der Waals surface area (Å²) in [6.45, 7) is 2.47. The minimum atomic E-state index is 0.221. The van der Waals surface area contributed by atoms with Crippen LogP contribution in [-0.2, 0) is 6.54 Å². The molecule has 0 fully saturated rings. The van der Waals surface area contributed by atoms with E-state index in [9.17, 15) is 0 Å². The van der Waals surface area contributed by atoms with Gasteiger partial charge in [0.25, 0.3) is 11.9 Å². The molecule has 0 bridgehead atoms. The molecule has 0 radical (unpaired) electrons. The summed E-state index contributed by atoms with van der Waals surface area (Å²) in [5, 5.41) is 23.8. The topological polar surface area (TPSA) is 88.0 Å². The molecular formula is C17H16ClN7. The molecule has 1 heterocycles. The molecule has 0 amide bonds. The summed E-state index contributed by atoms with van der Waals surface area (Å²) in [5.41, 5.74) is 5.57. The molecule has 0 aliphatic rings. The second-order valence-electron chi connectivity index (χ2n) is 5.20. The largest absolute Gasteiger partial charge is 0.348 e.